The molecule has 5 heteroatoms. The fourth-order valence-corrected chi connectivity index (χ4v) is 2.82. The number of hydrogen-bond acceptors (Lipinski definition) is 4. The van der Waals surface area contributed by atoms with E-state index in [0.717, 1.165) is 25.3 Å². The van der Waals surface area contributed by atoms with E-state index in [-0.39, 0.29) is 0 Å². The summed E-state index contributed by atoms with van der Waals surface area (Å²) in [4.78, 5) is 4.62. The predicted octanol–water partition coefficient (Wildman–Crippen LogP) is 1.59. The third-order valence-corrected chi connectivity index (χ3v) is 4.37. The summed E-state index contributed by atoms with van der Waals surface area (Å²) in [6.07, 6.45) is 5.27. The SMILES string of the molecule is C[C@@H]1CN(C)[C@@H](C)C[C@@H]1Nc1cnn(CCN(C)C)c1. The van der Waals surface area contributed by atoms with Crippen molar-refractivity contribution in [1.82, 2.24) is 19.6 Å². The Hall–Kier alpha value is -1.07. The molecule has 0 saturated carbocycles. The Labute approximate surface area is 122 Å². The van der Waals surface area contributed by atoms with Crippen LogP contribution in [0.1, 0.15) is 20.3 Å². The maximum absolute atomic E-state index is 4.43. The number of likely N-dealkylation sites (tertiary alicyclic amines) is 1. The molecule has 1 N–H and O–H groups in total. The van der Waals surface area contributed by atoms with Gasteiger partial charge in [-0.15, -0.1) is 0 Å². The van der Waals surface area contributed by atoms with Crippen molar-refractivity contribution < 1.29 is 0 Å². The van der Waals surface area contributed by atoms with Crippen molar-refractivity contribution in [2.45, 2.75) is 38.9 Å². The topological polar surface area (TPSA) is 36.3 Å². The van der Waals surface area contributed by atoms with Gasteiger partial charge in [0.2, 0.25) is 0 Å². The molecular weight excluding hydrogens is 250 g/mol. The minimum Gasteiger partial charge on any atom is -0.379 e. The molecule has 3 atom stereocenters. The lowest BCUT2D eigenvalue weighted by Gasteiger charge is -2.40. The minimum atomic E-state index is 0.549. The first-order chi connectivity index (χ1) is 9.45. The fraction of sp³-hybridized carbons (Fsp3) is 0.800. The van der Waals surface area contributed by atoms with E-state index in [9.17, 15) is 0 Å². The zero-order chi connectivity index (χ0) is 14.7. The summed E-state index contributed by atoms with van der Waals surface area (Å²) < 4.78 is 2.02. The molecule has 2 rings (SSSR count). The standard InChI is InChI=1S/C15H29N5/c1-12-10-19(5)13(2)8-15(12)17-14-9-16-20(11-14)7-6-18(3)4/h9,11-13,15,17H,6-8,10H2,1-5H3/t12-,13+,15+/m1/s1. The van der Waals surface area contributed by atoms with Gasteiger partial charge in [0, 0.05) is 31.4 Å². The smallest absolute Gasteiger partial charge is 0.0728 e. The van der Waals surface area contributed by atoms with Gasteiger partial charge < -0.3 is 15.1 Å². The number of aromatic nitrogens is 2. The van der Waals surface area contributed by atoms with Crippen molar-refractivity contribution in [3.8, 4) is 0 Å². The quantitative estimate of drug-likeness (QED) is 0.888. The molecule has 20 heavy (non-hydrogen) atoms. The third kappa shape index (κ3) is 3.96. The monoisotopic (exact) mass is 279 g/mol. The van der Waals surface area contributed by atoms with E-state index in [2.05, 4.69) is 61.4 Å². The average Bonchev–Trinajstić information content (AvgIpc) is 2.81. The van der Waals surface area contributed by atoms with Gasteiger partial charge in [-0.2, -0.15) is 5.10 Å². The Balaban J connectivity index is 1.89. The van der Waals surface area contributed by atoms with E-state index in [0.29, 0.717) is 18.0 Å². The highest BCUT2D eigenvalue weighted by molar-refractivity contribution is 5.39. The molecule has 1 aliphatic rings. The highest BCUT2D eigenvalue weighted by Crippen LogP contribution is 2.24. The number of likely N-dealkylation sites (N-methyl/N-ethyl adjacent to an activating group) is 1. The van der Waals surface area contributed by atoms with Crippen LogP contribution in [0.2, 0.25) is 0 Å². The van der Waals surface area contributed by atoms with Crippen LogP contribution in [-0.2, 0) is 6.54 Å². The second kappa shape index (κ2) is 6.59. The number of anilines is 1. The molecule has 1 saturated heterocycles. The first-order valence-corrected chi connectivity index (χ1v) is 7.59. The van der Waals surface area contributed by atoms with Gasteiger partial charge >= 0.3 is 0 Å². The van der Waals surface area contributed by atoms with E-state index in [1.807, 2.05) is 10.9 Å². The Morgan fingerprint density at radius 1 is 1.40 bits per heavy atom. The second-order valence-electron chi connectivity index (χ2n) is 6.55. The normalized spacial score (nSPS) is 28.0. The van der Waals surface area contributed by atoms with Crippen LogP contribution in [0.25, 0.3) is 0 Å². The zero-order valence-corrected chi connectivity index (χ0v) is 13.5. The number of nitrogens with one attached hydrogen (secondary N) is 1. The Kier molecular flexibility index (Phi) is 5.05. The maximum atomic E-state index is 4.43. The molecule has 1 fully saturated rings. The second-order valence-corrected chi connectivity index (χ2v) is 6.55. The molecule has 0 amide bonds. The average molecular weight is 279 g/mol. The summed E-state index contributed by atoms with van der Waals surface area (Å²) in [5.74, 6) is 0.668. The molecule has 5 nitrogen and oxygen atoms in total. The lowest BCUT2D eigenvalue weighted by Crippen LogP contribution is -2.48. The van der Waals surface area contributed by atoms with E-state index in [4.69, 9.17) is 0 Å². The van der Waals surface area contributed by atoms with E-state index < -0.39 is 0 Å². The van der Waals surface area contributed by atoms with Crippen LogP contribution in [0.4, 0.5) is 5.69 Å². The molecule has 0 bridgehead atoms. The molecule has 0 aromatic carbocycles. The van der Waals surface area contributed by atoms with Crippen molar-refractivity contribution >= 4 is 5.69 Å². The van der Waals surface area contributed by atoms with Gasteiger partial charge in [0.1, 0.15) is 0 Å². The fourth-order valence-electron chi connectivity index (χ4n) is 2.82. The minimum absolute atomic E-state index is 0.549. The highest BCUT2D eigenvalue weighted by atomic mass is 15.3. The number of nitrogens with zero attached hydrogens (tertiary/aromatic N) is 4. The van der Waals surface area contributed by atoms with Crippen molar-refractivity contribution in [3.05, 3.63) is 12.4 Å². The van der Waals surface area contributed by atoms with Crippen molar-refractivity contribution in [3.63, 3.8) is 0 Å². The number of piperidine rings is 1. The lowest BCUT2D eigenvalue weighted by molar-refractivity contribution is 0.145. The van der Waals surface area contributed by atoms with Crippen molar-refractivity contribution in [2.75, 3.05) is 39.5 Å². The first kappa shape index (κ1) is 15.3. The molecule has 1 aromatic rings. The summed E-state index contributed by atoms with van der Waals surface area (Å²) >= 11 is 0. The van der Waals surface area contributed by atoms with Crippen LogP contribution in [0, 0.1) is 5.92 Å². The molecule has 0 aliphatic carbocycles. The van der Waals surface area contributed by atoms with Crippen LogP contribution in [0.15, 0.2) is 12.4 Å². The van der Waals surface area contributed by atoms with Gasteiger partial charge in [0.15, 0.2) is 0 Å². The molecular formula is C15H29N5. The van der Waals surface area contributed by atoms with Crippen LogP contribution >= 0.6 is 0 Å². The van der Waals surface area contributed by atoms with Crippen molar-refractivity contribution in [2.24, 2.45) is 5.92 Å². The highest BCUT2D eigenvalue weighted by Gasteiger charge is 2.28. The summed E-state index contributed by atoms with van der Waals surface area (Å²) in [5, 5.41) is 8.10. The molecule has 0 unspecified atom stereocenters. The van der Waals surface area contributed by atoms with Crippen molar-refractivity contribution in [1.29, 1.82) is 0 Å². The Morgan fingerprint density at radius 2 is 2.15 bits per heavy atom. The van der Waals surface area contributed by atoms with E-state index in [1.54, 1.807) is 0 Å². The first-order valence-electron chi connectivity index (χ1n) is 7.59. The third-order valence-electron chi connectivity index (χ3n) is 4.37. The van der Waals surface area contributed by atoms with Crippen LogP contribution < -0.4 is 5.32 Å². The van der Waals surface area contributed by atoms with Gasteiger partial charge in [0.05, 0.1) is 18.4 Å². The van der Waals surface area contributed by atoms with E-state index in [1.165, 1.54) is 6.42 Å². The lowest BCUT2D eigenvalue weighted by atomic mass is 9.90. The number of rotatable bonds is 5. The van der Waals surface area contributed by atoms with Gasteiger partial charge in [0.25, 0.3) is 0 Å². The van der Waals surface area contributed by atoms with E-state index >= 15 is 0 Å². The summed E-state index contributed by atoms with van der Waals surface area (Å²) in [6, 6.07) is 1.19. The van der Waals surface area contributed by atoms with Gasteiger partial charge in [-0.1, -0.05) is 6.92 Å². The number of hydrogen-bond donors (Lipinski definition) is 1. The summed E-state index contributed by atoms with van der Waals surface area (Å²) in [6.45, 7) is 7.75. The maximum Gasteiger partial charge on any atom is 0.0728 e. The van der Waals surface area contributed by atoms with Crippen LogP contribution in [0.3, 0.4) is 0 Å². The Bertz CT molecular complexity index is 414. The molecule has 1 aromatic heterocycles. The predicted molar refractivity (Wildman–Crippen MR) is 84.1 cm³/mol. The summed E-state index contributed by atoms with van der Waals surface area (Å²) in [5.41, 5.74) is 1.15. The molecule has 0 radical (unpaired) electrons. The van der Waals surface area contributed by atoms with Gasteiger partial charge in [-0.05, 0) is 40.4 Å². The zero-order valence-electron chi connectivity index (χ0n) is 13.5. The van der Waals surface area contributed by atoms with Gasteiger partial charge in [-0.25, -0.2) is 0 Å². The van der Waals surface area contributed by atoms with Gasteiger partial charge in [-0.3, -0.25) is 4.68 Å². The van der Waals surface area contributed by atoms with Crippen LogP contribution in [0.5, 0.6) is 0 Å². The van der Waals surface area contributed by atoms with Crippen LogP contribution in [-0.4, -0.2) is 65.9 Å². The molecule has 114 valence electrons. The Morgan fingerprint density at radius 3 is 2.85 bits per heavy atom. The largest absolute Gasteiger partial charge is 0.379 e. The summed E-state index contributed by atoms with van der Waals surface area (Å²) in [7, 11) is 6.39. The molecule has 1 aliphatic heterocycles. The molecule has 0 spiro atoms. The molecule has 2 heterocycles.